The number of H-pyrrole nitrogens is 1. The normalized spacial score (nSPS) is 10.5. The van der Waals surface area contributed by atoms with Gasteiger partial charge in [0.2, 0.25) is 0 Å². The van der Waals surface area contributed by atoms with E-state index < -0.39 is 0 Å². The fraction of sp³-hybridized carbons (Fsp3) is 0.556. The summed E-state index contributed by atoms with van der Waals surface area (Å²) in [5.74, 6) is 0.767. The molecule has 0 amide bonds. The smallest absolute Gasteiger partial charge is 0.252 e. The summed E-state index contributed by atoms with van der Waals surface area (Å²) in [6, 6.07) is 1.25. The van der Waals surface area contributed by atoms with E-state index in [1.54, 1.807) is 7.11 Å². The zero-order chi connectivity index (χ0) is 11.1. The molecule has 1 aromatic rings. The van der Waals surface area contributed by atoms with E-state index >= 15 is 0 Å². The average molecular weight is 213 g/mol. The van der Waals surface area contributed by atoms with Crippen LogP contribution in [0.15, 0.2) is 10.9 Å². The van der Waals surface area contributed by atoms with Crippen LogP contribution in [0.4, 0.5) is 5.82 Å². The highest BCUT2D eigenvalue weighted by molar-refractivity contribution is 5.25. The number of hydrogen-bond acceptors (Lipinski definition) is 5. The molecule has 1 aromatic heterocycles. The van der Waals surface area contributed by atoms with E-state index in [4.69, 9.17) is 15.2 Å². The molecule has 0 saturated carbocycles. The Morgan fingerprint density at radius 2 is 2.27 bits per heavy atom. The van der Waals surface area contributed by atoms with Gasteiger partial charge in [0.05, 0.1) is 19.8 Å². The molecule has 0 aliphatic carbocycles. The molecule has 0 saturated heterocycles. The number of nitrogens with two attached hydrogens (primary N) is 1. The maximum absolute atomic E-state index is 11.0. The third kappa shape index (κ3) is 4.57. The molecule has 0 bridgehead atoms. The summed E-state index contributed by atoms with van der Waals surface area (Å²) < 4.78 is 10.0. The van der Waals surface area contributed by atoms with Crippen molar-refractivity contribution in [2.24, 2.45) is 0 Å². The van der Waals surface area contributed by atoms with Crippen molar-refractivity contribution in [3.05, 3.63) is 22.2 Å². The molecule has 0 unspecified atom stereocenters. The lowest BCUT2D eigenvalue weighted by Gasteiger charge is -2.03. The first-order valence-electron chi connectivity index (χ1n) is 4.65. The number of hydrogen-bond donors (Lipinski definition) is 2. The average Bonchev–Trinajstić information content (AvgIpc) is 2.16. The third-order valence-electron chi connectivity index (χ3n) is 1.73. The molecule has 6 heteroatoms. The molecule has 6 nitrogen and oxygen atoms in total. The molecule has 0 aliphatic rings. The van der Waals surface area contributed by atoms with E-state index in [1.165, 1.54) is 6.07 Å². The second kappa shape index (κ2) is 6.15. The minimum atomic E-state index is -0.241. The van der Waals surface area contributed by atoms with Crippen molar-refractivity contribution in [1.29, 1.82) is 0 Å². The number of aromatic amines is 1. The summed E-state index contributed by atoms with van der Waals surface area (Å²) in [6.45, 7) is 1.57. The Kier molecular flexibility index (Phi) is 4.79. The van der Waals surface area contributed by atoms with Crippen LogP contribution in [0, 0.1) is 0 Å². The van der Waals surface area contributed by atoms with Gasteiger partial charge in [-0.3, -0.25) is 4.79 Å². The number of nitrogens with one attached hydrogen (secondary N) is 1. The van der Waals surface area contributed by atoms with Gasteiger partial charge in [-0.1, -0.05) is 0 Å². The Morgan fingerprint density at radius 3 is 2.93 bits per heavy atom. The van der Waals surface area contributed by atoms with E-state index in [0.717, 1.165) is 0 Å². The van der Waals surface area contributed by atoms with Crippen molar-refractivity contribution in [3.8, 4) is 0 Å². The number of nitrogen functional groups attached to an aromatic ring is 1. The van der Waals surface area contributed by atoms with Gasteiger partial charge in [-0.05, 0) is 0 Å². The van der Waals surface area contributed by atoms with Crippen LogP contribution in [-0.2, 0) is 15.9 Å². The van der Waals surface area contributed by atoms with Gasteiger partial charge in [-0.2, -0.15) is 0 Å². The lowest BCUT2D eigenvalue weighted by atomic mass is 10.4. The number of anilines is 1. The lowest BCUT2D eigenvalue weighted by Crippen LogP contribution is -2.14. The first-order valence-corrected chi connectivity index (χ1v) is 4.65. The third-order valence-corrected chi connectivity index (χ3v) is 1.73. The van der Waals surface area contributed by atoms with Gasteiger partial charge < -0.3 is 20.2 Å². The molecule has 1 heterocycles. The molecule has 0 atom stereocenters. The predicted molar refractivity (Wildman–Crippen MR) is 55.7 cm³/mol. The zero-order valence-electron chi connectivity index (χ0n) is 8.66. The largest absolute Gasteiger partial charge is 0.383 e. The van der Waals surface area contributed by atoms with Crippen molar-refractivity contribution in [3.63, 3.8) is 0 Å². The first kappa shape index (κ1) is 11.7. The highest BCUT2D eigenvalue weighted by atomic mass is 16.5. The fourth-order valence-electron chi connectivity index (χ4n) is 1.06. The minimum absolute atomic E-state index is 0.227. The van der Waals surface area contributed by atoms with Crippen molar-refractivity contribution >= 4 is 5.82 Å². The Morgan fingerprint density at radius 1 is 1.47 bits per heavy atom. The molecule has 1 rings (SSSR count). The predicted octanol–water partition coefficient (Wildman–Crippen LogP) is -0.442. The van der Waals surface area contributed by atoms with Crippen LogP contribution >= 0.6 is 0 Å². The van der Waals surface area contributed by atoms with Crippen LogP contribution in [0.5, 0.6) is 0 Å². The van der Waals surface area contributed by atoms with Gasteiger partial charge in [-0.15, -0.1) is 0 Å². The summed E-state index contributed by atoms with van der Waals surface area (Å²) in [5.41, 5.74) is 5.18. The van der Waals surface area contributed by atoms with Gasteiger partial charge in [-0.25, -0.2) is 4.98 Å². The van der Waals surface area contributed by atoms with Crippen LogP contribution in [0.2, 0.25) is 0 Å². The van der Waals surface area contributed by atoms with E-state index in [2.05, 4.69) is 9.97 Å². The second-order valence-electron chi connectivity index (χ2n) is 2.97. The van der Waals surface area contributed by atoms with Crippen LogP contribution in [0.3, 0.4) is 0 Å². The monoisotopic (exact) mass is 213 g/mol. The van der Waals surface area contributed by atoms with Gasteiger partial charge in [0.1, 0.15) is 11.6 Å². The van der Waals surface area contributed by atoms with Crippen molar-refractivity contribution < 1.29 is 9.47 Å². The molecule has 84 valence electrons. The van der Waals surface area contributed by atoms with Crippen LogP contribution < -0.4 is 11.3 Å². The standard InChI is InChI=1S/C9H15N3O3/c1-14-4-5-15-3-2-8-11-7(10)6-9(13)12-8/h6H,2-5H2,1H3,(H3,10,11,12,13). The van der Waals surface area contributed by atoms with Gasteiger partial charge >= 0.3 is 0 Å². The van der Waals surface area contributed by atoms with Gasteiger partial charge in [0.25, 0.3) is 5.56 Å². The van der Waals surface area contributed by atoms with E-state index in [-0.39, 0.29) is 11.4 Å². The molecule has 3 N–H and O–H groups in total. The number of methoxy groups -OCH3 is 1. The van der Waals surface area contributed by atoms with E-state index in [1.807, 2.05) is 0 Å². The van der Waals surface area contributed by atoms with E-state index in [9.17, 15) is 4.79 Å². The fourth-order valence-corrected chi connectivity index (χ4v) is 1.06. The topological polar surface area (TPSA) is 90.2 Å². The number of nitrogens with zero attached hydrogens (tertiary/aromatic N) is 1. The van der Waals surface area contributed by atoms with Crippen LogP contribution in [0.1, 0.15) is 5.82 Å². The Labute approximate surface area is 87.4 Å². The first-order chi connectivity index (χ1) is 7.22. The highest BCUT2D eigenvalue weighted by Gasteiger charge is 1.98. The quantitative estimate of drug-likeness (QED) is 0.625. The van der Waals surface area contributed by atoms with Crippen LogP contribution in [-0.4, -0.2) is 36.9 Å². The van der Waals surface area contributed by atoms with Gasteiger partial charge in [0.15, 0.2) is 0 Å². The summed E-state index contributed by atoms with van der Waals surface area (Å²) >= 11 is 0. The molecular formula is C9H15N3O3. The van der Waals surface area contributed by atoms with Crippen molar-refractivity contribution in [2.45, 2.75) is 6.42 Å². The SMILES string of the molecule is COCCOCCc1nc(N)cc(=O)[nH]1. The number of aromatic nitrogens is 2. The zero-order valence-corrected chi connectivity index (χ0v) is 8.66. The molecule has 0 aliphatic heterocycles. The van der Waals surface area contributed by atoms with Crippen molar-refractivity contribution in [2.75, 3.05) is 32.7 Å². The molecule has 0 fully saturated rings. The highest BCUT2D eigenvalue weighted by Crippen LogP contribution is 1.93. The van der Waals surface area contributed by atoms with Crippen LogP contribution in [0.25, 0.3) is 0 Å². The second-order valence-corrected chi connectivity index (χ2v) is 2.97. The van der Waals surface area contributed by atoms with E-state index in [0.29, 0.717) is 32.1 Å². The number of rotatable bonds is 6. The Bertz CT molecular complexity index is 351. The Hall–Kier alpha value is -1.40. The Balaban J connectivity index is 2.34. The van der Waals surface area contributed by atoms with Gasteiger partial charge in [0, 0.05) is 19.6 Å². The molecule has 15 heavy (non-hydrogen) atoms. The summed E-state index contributed by atoms with van der Waals surface area (Å²) in [5, 5.41) is 0. The summed E-state index contributed by atoms with van der Waals surface area (Å²) in [6.07, 6.45) is 0.532. The lowest BCUT2D eigenvalue weighted by molar-refractivity contribution is 0.0716. The maximum Gasteiger partial charge on any atom is 0.252 e. The molecular weight excluding hydrogens is 198 g/mol. The maximum atomic E-state index is 11.0. The van der Waals surface area contributed by atoms with Crippen molar-refractivity contribution in [1.82, 2.24) is 9.97 Å². The number of ether oxygens (including phenoxy) is 2. The molecule has 0 radical (unpaired) electrons. The molecule has 0 aromatic carbocycles. The minimum Gasteiger partial charge on any atom is -0.383 e. The summed E-state index contributed by atoms with van der Waals surface area (Å²) in [4.78, 5) is 17.6. The molecule has 0 spiro atoms. The summed E-state index contributed by atoms with van der Waals surface area (Å²) in [7, 11) is 1.61.